The zero-order chi connectivity index (χ0) is 21.1. The van der Waals surface area contributed by atoms with Crippen LogP contribution in [0.3, 0.4) is 0 Å². The van der Waals surface area contributed by atoms with Crippen molar-refractivity contribution in [3.05, 3.63) is 57.6 Å². The second-order valence-electron chi connectivity index (χ2n) is 7.61. The molecule has 3 aromatic rings. The van der Waals surface area contributed by atoms with Crippen LogP contribution in [0, 0.1) is 11.6 Å². The molecule has 0 unspecified atom stereocenters. The Morgan fingerprint density at radius 1 is 0.833 bits per heavy atom. The van der Waals surface area contributed by atoms with E-state index in [4.69, 9.17) is 28.2 Å². The fourth-order valence-electron chi connectivity index (χ4n) is 3.73. The highest BCUT2D eigenvalue weighted by Crippen LogP contribution is 2.31. The highest BCUT2D eigenvalue weighted by Gasteiger charge is 2.17. The standard InChI is InChI=1S/C22H22Cl2F2N4/c23-15-10-19-20(11-16(15)24)30-22(28-14-5-3-1-2-4-6-14)21(29-19)27-12-13-7-8-17(25)18(26)9-13/h7-11,14H,1-6,12H2,(H,27,29)(H,28,30). The Morgan fingerprint density at radius 3 is 2.10 bits per heavy atom. The number of nitrogens with zero attached hydrogens (tertiary/aromatic N) is 2. The van der Waals surface area contributed by atoms with Gasteiger partial charge in [-0.05, 0) is 42.7 Å². The molecule has 1 saturated carbocycles. The van der Waals surface area contributed by atoms with Crippen molar-refractivity contribution in [2.24, 2.45) is 0 Å². The summed E-state index contributed by atoms with van der Waals surface area (Å²) in [5, 5.41) is 7.55. The first-order valence-corrected chi connectivity index (χ1v) is 10.9. The number of halogens is 4. The topological polar surface area (TPSA) is 49.8 Å². The van der Waals surface area contributed by atoms with Gasteiger partial charge in [-0.1, -0.05) is 55.0 Å². The van der Waals surface area contributed by atoms with E-state index >= 15 is 0 Å². The average molecular weight is 451 g/mol. The predicted octanol–water partition coefficient (Wildman–Crippen LogP) is 6.96. The maximum Gasteiger partial charge on any atom is 0.170 e. The normalized spacial score (nSPS) is 15.2. The summed E-state index contributed by atoms with van der Waals surface area (Å²) in [6, 6.07) is 7.51. The maximum absolute atomic E-state index is 13.6. The van der Waals surface area contributed by atoms with Crippen LogP contribution in [0.25, 0.3) is 11.0 Å². The van der Waals surface area contributed by atoms with Crippen LogP contribution in [0.4, 0.5) is 20.4 Å². The van der Waals surface area contributed by atoms with Gasteiger partial charge in [0.25, 0.3) is 0 Å². The molecule has 4 rings (SSSR count). The van der Waals surface area contributed by atoms with E-state index in [2.05, 4.69) is 15.6 Å². The van der Waals surface area contributed by atoms with Crippen molar-refractivity contribution in [3.63, 3.8) is 0 Å². The van der Waals surface area contributed by atoms with Crippen molar-refractivity contribution < 1.29 is 8.78 Å². The number of hydrogen-bond donors (Lipinski definition) is 2. The number of aromatic nitrogens is 2. The molecule has 0 amide bonds. The molecule has 4 nitrogen and oxygen atoms in total. The molecule has 0 aliphatic heterocycles. The Morgan fingerprint density at radius 2 is 1.47 bits per heavy atom. The van der Waals surface area contributed by atoms with Crippen molar-refractivity contribution in [3.8, 4) is 0 Å². The molecule has 1 aliphatic rings. The predicted molar refractivity (Wildman–Crippen MR) is 118 cm³/mol. The molecule has 0 spiro atoms. The van der Waals surface area contributed by atoms with Gasteiger partial charge in [-0.2, -0.15) is 0 Å². The largest absolute Gasteiger partial charge is 0.364 e. The third-order valence-electron chi connectivity index (χ3n) is 5.35. The molecule has 0 saturated heterocycles. The summed E-state index contributed by atoms with van der Waals surface area (Å²) < 4.78 is 26.8. The van der Waals surface area contributed by atoms with Crippen LogP contribution in [0.15, 0.2) is 30.3 Å². The number of rotatable bonds is 5. The van der Waals surface area contributed by atoms with Crippen LogP contribution in [0.2, 0.25) is 10.0 Å². The first-order chi connectivity index (χ1) is 14.5. The number of benzene rings is 2. The van der Waals surface area contributed by atoms with Gasteiger partial charge in [0, 0.05) is 12.6 Å². The lowest BCUT2D eigenvalue weighted by Gasteiger charge is -2.20. The number of nitrogens with one attached hydrogen (secondary N) is 2. The minimum Gasteiger partial charge on any atom is -0.364 e. The van der Waals surface area contributed by atoms with Crippen LogP contribution in [0.5, 0.6) is 0 Å². The second-order valence-corrected chi connectivity index (χ2v) is 8.43. The Bertz CT molecular complexity index is 1050. The summed E-state index contributed by atoms with van der Waals surface area (Å²) in [7, 11) is 0. The van der Waals surface area contributed by atoms with Gasteiger partial charge in [0.2, 0.25) is 0 Å². The number of fused-ring (bicyclic) bond motifs is 1. The average Bonchev–Trinajstić information content (AvgIpc) is 2.99. The van der Waals surface area contributed by atoms with E-state index in [0.29, 0.717) is 44.3 Å². The Balaban J connectivity index is 1.65. The Kier molecular flexibility index (Phi) is 6.54. The number of anilines is 2. The SMILES string of the molecule is Fc1ccc(CNc2nc3cc(Cl)c(Cl)cc3nc2NC2CCCCCC2)cc1F. The summed E-state index contributed by atoms with van der Waals surface area (Å²) in [6.45, 7) is 0.276. The lowest BCUT2D eigenvalue weighted by Crippen LogP contribution is -2.20. The van der Waals surface area contributed by atoms with Crippen molar-refractivity contribution in [2.45, 2.75) is 51.1 Å². The van der Waals surface area contributed by atoms with Crippen LogP contribution >= 0.6 is 23.2 Å². The summed E-state index contributed by atoms with van der Waals surface area (Å²) in [6.07, 6.45) is 7.00. The molecule has 0 bridgehead atoms. The summed E-state index contributed by atoms with van der Waals surface area (Å²) in [5.74, 6) is -0.589. The lowest BCUT2D eigenvalue weighted by atomic mass is 10.1. The van der Waals surface area contributed by atoms with Crippen molar-refractivity contribution in [1.29, 1.82) is 0 Å². The van der Waals surface area contributed by atoms with Crippen LogP contribution < -0.4 is 10.6 Å². The Hall–Kier alpha value is -2.18. The fraction of sp³-hybridized carbons (Fsp3) is 0.364. The monoisotopic (exact) mass is 450 g/mol. The van der Waals surface area contributed by atoms with Crippen molar-refractivity contribution >= 4 is 45.9 Å². The van der Waals surface area contributed by atoms with Gasteiger partial charge < -0.3 is 10.6 Å². The van der Waals surface area contributed by atoms with Crippen LogP contribution in [-0.2, 0) is 6.54 Å². The van der Waals surface area contributed by atoms with E-state index in [9.17, 15) is 8.78 Å². The second kappa shape index (κ2) is 9.31. The molecule has 30 heavy (non-hydrogen) atoms. The zero-order valence-electron chi connectivity index (χ0n) is 16.3. The Labute approximate surface area is 184 Å². The molecule has 158 valence electrons. The molecule has 2 N–H and O–H groups in total. The van der Waals surface area contributed by atoms with Gasteiger partial charge in [-0.15, -0.1) is 0 Å². The maximum atomic E-state index is 13.6. The highest BCUT2D eigenvalue weighted by molar-refractivity contribution is 6.42. The van der Waals surface area contributed by atoms with Gasteiger partial charge in [0.15, 0.2) is 23.3 Å². The molecule has 1 heterocycles. The minimum atomic E-state index is -0.878. The molecule has 1 aromatic heterocycles. The zero-order valence-corrected chi connectivity index (χ0v) is 17.8. The van der Waals surface area contributed by atoms with Gasteiger partial charge in [0.05, 0.1) is 21.1 Å². The molecule has 8 heteroatoms. The molecular formula is C22H22Cl2F2N4. The lowest BCUT2D eigenvalue weighted by molar-refractivity contribution is 0.507. The van der Waals surface area contributed by atoms with Crippen molar-refractivity contribution in [1.82, 2.24) is 9.97 Å². The fourth-order valence-corrected chi connectivity index (χ4v) is 4.04. The van der Waals surface area contributed by atoms with E-state index < -0.39 is 11.6 Å². The molecule has 0 atom stereocenters. The van der Waals surface area contributed by atoms with Crippen LogP contribution in [0.1, 0.15) is 44.1 Å². The third kappa shape index (κ3) is 4.93. The van der Waals surface area contributed by atoms with Crippen molar-refractivity contribution in [2.75, 3.05) is 10.6 Å². The molecular weight excluding hydrogens is 429 g/mol. The first-order valence-electron chi connectivity index (χ1n) is 10.1. The van der Waals surface area contributed by atoms with E-state index in [-0.39, 0.29) is 6.54 Å². The summed E-state index contributed by atoms with van der Waals surface area (Å²) >= 11 is 12.3. The van der Waals surface area contributed by atoms with Gasteiger partial charge in [-0.3, -0.25) is 0 Å². The quantitative estimate of drug-likeness (QED) is 0.412. The van der Waals surface area contributed by atoms with Crippen LogP contribution in [-0.4, -0.2) is 16.0 Å². The van der Waals surface area contributed by atoms with E-state index in [0.717, 1.165) is 18.9 Å². The highest BCUT2D eigenvalue weighted by atomic mass is 35.5. The van der Waals surface area contributed by atoms with E-state index in [1.54, 1.807) is 12.1 Å². The van der Waals surface area contributed by atoms with Gasteiger partial charge in [-0.25, -0.2) is 18.7 Å². The summed E-state index contributed by atoms with van der Waals surface area (Å²) in [4.78, 5) is 9.41. The van der Waals surface area contributed by atoms with Gasteiger partial charge in [0.1, 0.15) is 0 Å². The van der Waals surface area contributed by atoms with E-state index in [1.807, 2.05) is 0 Å². The molecule has 0 radical (unpaired) electrons. The smallest absolute Gasteiger partial charge is 0.170 e. The minimum absolute atomic E-state index is 0.276. The van der Waals surface area contributed by atoms with Gasteiger partial charge >= 0.3 is 0 Å². The molecule has 2 aromatic carbocycles. The summed E-state index contributed by atoms with van der Waals surface area (Å²) in [5.41, 5.74) is 1.84. The molecule has 1 fully saturated rings. The first kappa shape index (κ1) is 21.1. The van der Waals surface area contributed by atoms with E-state index in [1.165, 1.54) is 37.8 Å². The third-order valence-corrected chi connectivity index (χ3v) is 6.07. The number of hydrogen-bond acceptors (Lipinski definition) is 4. The molecule has 1 aliphatic carbocycles.